The number of aliphatic hydroxyl groups is 1. The van der Waals surface area contributed by atoms with Crippen LogP contribution in [-0.2, 0) is 16.1 Å². The molecule has 3 fully saturated rings. The molecule has 5 atom stereocenters. The van der Waals surface area contributed by atoms with Gasteiger partial charge in [-0.05, 0) is 68.6 Å². The Morgan fingerprint density at radius 1 is 1.11 bits per heavy atom. The first-order valence-electron chi connectivity index (χ1n) is 14.4. The van der Waals surface area contributed by atoms with E-state index in [0.29, 0.717) is 36.9 Å². The average molecular weight is 520 g/mol. The van der Waals surface area contributed by atoms with Crippen molar-refractivity contribution in [3.05, 3.63) is 47.3 Å². The Bertz CT molecular complexity index is 1200. The maximum atomic E-state index is 13.8. The molecule has 1 aromatic rings. The van der Waals surface area contributed by atoms with E-state index in [1.165, 1.54) is 11.1 Å². The summed E-state index contributed by atoms with van der Waals surface area (Å²) in [4.78, 5) is 34.6. The number of aromatic hydroxyl groups is 1. The molecule has 4 aliphatic carbocycles. The van der Waals surface area contributed by atoms with Crippen molar-refractivity contribution < 1.29 is 19.8 Å². The van der Waals surface area contributed by atoms with E-state index in [1.54, 1.807) is 18.3 Å². The number of aromatic nitrogens is 1. The van der Waals surface area contributed by atoms with E-state index in [4.69, 9.17) is 0 Å². The number of Topliss-reactive ketones (excluding diaryl/α,β-unsaturated/α-hetero) is 1. The molecule has 1 saturated heterocycles. The van der Waals surface area contributed by atoms with Crippen LogP contribution in [0, 0.1) is 22.7 Å². The maximum Gasteiger partial charge on any atom is 0.178 e. The monoisotopic (exact) mass is 519 g/mol. The molecule has 6 rings (SSSR count). The molecule has 2 heterocycles. The molecule has 38 heavy (non-hydrogen) atoms. The van der Waals surface area contributed by atoms with Crippen LogP contribution in [-0.4, -0.2) is 74.9 Å². The number of hydrogen-bond acceptors (Lipinski definition) is 7. The number of nitrogens with zero attached hydrogens (tertiary/aromatic N) is 3. The van der Waals surface area contributed by atoms with Crippen LogP contribution in [0.25, 0.3) is 0 Å². The first-order valence-corrected chi connectivity index (χ1v) is 14.4. The fourth-order valence-corrected chi connectivity index (χ4v) is 8.53. The zero-order chi connectivity index (χ0) is 26.7. The van der Waals surface area contributed by atoms with Crippen molar-refractivity contribution in [1.82, 2.24) is 14.8 Å². The van der Waals surface area contributed by atoms with Gasteiger partial charge in [-0.3, -0.25) is 24.4 Å². The van der Waals surface area contributed by atoms with Gasteiger partial charge in [0.1, 0.15) is 11.4 Å². The van der Waals surface area contributed by atoms with Crippen LogP contribution in [0.3, 0.4) is 0 Å². The second kappa shape index (κ2) is 9.39. The van der Waals surface area contributed by atoms with Gasteiger partial charge in [0.15, 0.2) is 11.6 Å². The zero-order valence-corrected chi connectivity index (χ0v) is 22.8. The number of hydrogen-bond donors (Lipinski definition) is 2. The maximum absolute atomic E-state index is 13.8. The molecular weight excluding hydrogens is 478 g/mol. The third-order valence-corrected chi connectivity index (χ3v) is 11.0. The Morgan fingerprint density at radius 3 is 2.63 bits per heavy atom. The van der Waals surface area contributed by atoms with Gasteiger partial charge in [-0.25, -0.2) is 0 Å². The van der Waals surface area contributed by atoms with Gasteiger partial charge in [0, 0.05) is 56.2 Å². The highest BCUT2D eigenvalue weighted by Gasteiger charge is 2.64. The van der Waals surface area contributed by atoms with Gasteiger partial charge in [-0.15, -0.1) is 0 Å². The molecule has 1 aliphatic heterocycles. The third-order valence-electron chi connectivity index (χ3n) is 11.0. The molecule has 7 nitrogen and oxygen atoms in total. The minimum Gasteiger partial charge on any atom is -0.506 e. The van der Waals surface area contributed by atoms with Gasteiger partial charge < -0.3 is 10.2 Å². The number of allylic oxidation sites excluding steroid dienone is 4. The predicted octanol–water partition coefficient (Wildman–Crippen LogP) is 3.66. The van der Waals surface area contributed by atoms with Crippen LogP contribution >= 0.6 is 0 Å². The van der Waals surface area contributed by atoms with E-state index < -0.39 is 11.0 Å². The van der Waals surface area contributed by atoms with Crippen molar-refractivity contribution in [2.75, 3.05) is 32.7 Å². The summed E-state index contributed by atoms with van der Waals surface area (Å²) in [6.45, 7) is 8.47. The molecule has 0 bridgehead atoms. The number of piperazine rings is 1. The number of pyridine rings is 1. The molecule has 5 aliphatic rings. The topological polar surface area (TPSA) is 94.0 Å². The minimum atomic E-state index is -1.30. The molecule has 0 radical (unpaired) electrons. The van der Waals surface area contributed by atoms with Crippen molar-refractivity contribution in [1.29, 1.82) is 0 Å². The Morgan fingerprint density at radius 2 is 1.87 bits per heavy atom. The fraction of sp³-hybridized carbons (Fsp3) is 0.645. The molecule has 1 aromatic heterocycles. The fourth-order valence-electron chi connectivity index (χ4n) is 8.53. The first kappa shape index (κ1) is 25.9. The number of carbonyl (C=O) groups excluding carboxylic acids is 2. The highest BCUT2D eigenvalue weighted by atomic mass is 16.3. The Labute approximate surface area is 225 Å². The zero-order valence-electron chi connectivity index (χ0n) is 22.8. The highest BCUT2D eigenvalue weighted by molar-refractivity contribution is 5.92. The van der Waals surface area contributed by atoms with Crippen LogP contribution in [0.5, 0.6) is 5.75 Å². The van der Waals surface area contributed by atoms with Crippen LogP contribution < -0.4 is 0 Å². The van der Waals surface area contributed by atoms with Crippen molar-refractivity contribution in [3.63, 3.8) is 0 Å². The van der Waals surface area contributed by atoms with Crippen LogP contribution in [0.15, 0.2) is 41.6 Å². The van der Waals surface area contributed by atoms with E-state index in [1.807, 2.05) is 6.08 Å². The van der Waals surface area contributed by atoms with Crippen molar-refractivity contribution in [3.8, 4) is 5.75 Å². The standard InChI is InChI=1S/C31H41N3O4/c1-29-10-7-22(35)18-21(29)5-6-23-24(29)8-11-30(2)25(23)9-12-31(30,38)28(37)20-34-16-14-33(15-17-34)19-26-27(36)4-3-13-32-26/h3-4,8,13,18,23,25,36,38H,5-7,9-12,14-17,19-20H2,1-2H3/t23?,25?,29-,30-,31-/m0/s1. The summed E-state index contributed by atoms with van der Waals surface area (Å²) in [6.07, 6.45) is 11.6. The smallest absolute Gasteiger partial charge is 0.178 e. The predicted molar refractivity (Wildman–Crippen MR) is 144 cm³/mol. The second-order valence-electron chi connectivity index (χ2n) is 12.8. The Kier molecular flexibility index (Phi) is 6.40. The van der Waals surface area contributed by atoms with Crippen LogP contribution in [0.1, 0.15) is 64.5 Å². The van der Waals surface area contributed by atoms with Crippen molar-refractivity contribution >= 4 is 11.6 Å². The van der Waals surface area contributed by atoms with Gasteiger partial charge in [-0.2, -0.15) is 0 Å². The normalized spacial score (nSPS) is 37.6. The van der Waals surface area contributed by atoms with Crippen molar-refractivity contribution in [2.45, 2.75) is 70.9 Å². The van der Waals surface area contributed by atoms with Gasteiger partial charge in [0.2, 0.25) is 0 Å². The number of ketones is 2. The molecule has 2 saturated carbocycles. The minimum absolute atomic E-state index is 0.0268. The average Bonchev–Trinajstić information content (AvgIpc) is 3.18. The molecule has 2 unspecified atom stereocenters. The molecule has 0 amide bonds. The molecule has 0 aromatic carbocycles. The van der Waals surface area contributed by atoms with Gasteiger partial charge in [0.25, 0.3) is 0 Å². The largest absolute Gasteiger partial charge is 0.506 e. The van der Waals surface area contributed by atoms with E-state index >= 15 is 0 Å². The summed E-state index contributed by atoms with van der Waals surface area (Å²) in [5.41, 5.74) is 1.67. The molecule has 204 valence electrons. The van der Waals surface area contributed by atoms with Gasteiger partial charge in [0.05, 0.1) is 12.2 Å². The lowest BCUT2D eigenvalue weighted by Crippen LogP contribution is -2.58. The van der Waals surface area contributed by atoms with Crippen LogP contribution in [0.2, 0.25) is 0 Å². The third kappa shape index (κ3) is 4.00. The highest BCUT2D eigenvalue weighted by Crippen LogP contribution is 2.65. The summed E-state index contributed by atoms with van der Waals surface area (Å²) >= 11 is 0. The van der Waals surface area contributed by atoms with E-state index in [0.717, 1.165) is 58.3 Å². The Hall–Kier alpha value is -2.35. The molecule has 2 N–H and O–H groups in total. The summed E-state index contributed by atoms with van der Waals surface area (Å²) in [6, 6.07) is 3.39. The molecule has 7 heteroatoms. The second-order valence-corrected chi connectivity index (χ2v) is 12.8. The van der Waals surface area contributed by atoms with Crippen molar-refractivity contribution in [2.24, 2.45) is 22.7 Å². The Balaban J connectivity index is 1.13. The number of rotatable bonds is 5. The van der Waals surface area contributed by atoms with E-state index in [9.17, 15) is 19.8 Å². The summed E-state index contributed by atoms with van der Waals surface area (Å²) in [5, 5.41) is 22.1. The first-order chi connectivity index (χ1) is 18.1. The van der Waals surface area contributed by atoms with E-state index in [2.05, 4.69) is 34.7 Å². The lowest BCUT2D eigenvalue weighted by molar-refractivity contribution is -0.154. The SMILES string of the molecule is C[C@]12CCC(=O)C=C1CCC1C2=CC[C@@]2(C)C1CC[C@]2(O)C(=O)CN1CCN(Cc2ncccc2O)CC1. The summed E-state index contributed by atoms with van der Waals surface area (Å²) < 4.78 is 0. The van der Waals surface area contributed by atoms with Gasteiger partial charge >= 0.3 is 0 Å². The van der Waals surface area contributed by atoms with Gasteiger partial charge in [-0.1, -0.05) is 31.1 Å². The van der Waals surface area contributed by atoms with Crippen LogP contribution in [0.4, 0.5) is 0 Å². The summed E-state index contributed by atoms with van der Waals surface area (Å²) in [5.74, 6) is 1.14. The number of fused-ring (bicyclic) bond motifs is 5. The quantitative estimate of drug-likeness (QED) is 0.574. The molecular formula is C31H41N3O4. The number of carbonyl (C=O) groups is 2. The summed E-state index contributed by atoms with van der Waals surface area (Å²) in [7, 11) is 0. The lowest BCUT2D eigenvalue weighted by Gasteiger charge is -2.54. The van der Waals surface area contributed by atoms with E-state index in [-0.39, 0.29) is 29.3 Å². The lowest BCUT2D eigenvalue weighted by atomic mass is 9.50. The molecule has 0 spiro atoms.